The highest BCUT2D eigenvalue weighted by Gasteiger charge is 2.28. The molecule has 2 aliphatic heterocycles. The van der Waals surface area contributed by atoms with Crippen LogP contribution in [-0.4, -0.2) is 55.6 Å². The van der Waals surface area contributed by atoms with Crippen LogP contribution in [0.3, 0.4) is 0 Å². The molecular formula is C16H21N3O3S. The van der Waals surface area contributed by atoms with E-state index in [1.807, 2.05) is 19.4 Å². The summed E-state index contributed by atoms with van der Waals surface area (Å²) in [6, 6.07) is 2.10. The van der Waals surface area contributed by atoms with Crippen molar-refractivity contribution in [1.29, 1.82) is 0 Å². The second kappa shape index (κ2) is 6.80. The molecule has 0 unspecified atom stereocenters. The molecule has 0 aliphatic carbocycles. The van der Waals surface area contributed by atoms with Gasteiger partial charge in [-0.25, -0.2) is 4.79 Å². The van der Waals surface area contributed by atoms with Crippen molar-refractivity contribution < 1.29 is 14.3 Å². The van der Waals surface area contributed by atoms with Crippen molar-refractivity contribution in [2.24, 2.45) is 0 Å². The Balaban J connectivity index is 2.06. The van der Waals surface area contributed by atoms with Gasteiger partial charge in [0.05, 0.1) is 32.6 Å². The van der Waals surface area contributed by atoms with Gasteiger partial charge >= 0.3 is 6.09 Å². The number of carbonyl (C=O) groups is 1. The van der Waals surface area contributed by atoms with Crippen LogP contribution in [0.15, 0.2) is 12.3 Å². The summed E-state index contributed by atoms with van der Waals surface area (Å²) in [5, 5.41) is 0. The fourth-order valence-corrected chi connectivity index (χ4v) is 3.53. The number of aromatic nitrogens is 1. The lowest BCUT2D eigenvalue weighted by Crippen LogP contribution is -2.38. The standard InChI is InChI=1S/C16H21N3O3S/c1-11-8-13(18-4-6-22-7-5-18)12-9-19(16(20)21-2)10-14(23-3)15(12)17-11/h8,10H,4-7,9H2,1-3H3. The Kier molecular flexibility index (Phi) is 4.77. The van der Waals surface area contributed by atoms with E-state index in [0.717, 1.165) is 53.8 Å². The van der Waals surface area contributed by atoms with E-state index in [4.69, 9.17) is 14.5 Å². The minimum atomic E-state index is -0.351. The molecular weight excluding hydrogens is 314 g/mol. The molecule has 6 nitrogen and oxygen atoms in total. The number of carbonyl (C=O) groups excluding carboxylic acids is 1. The largest absolute Gasteiger partial charge is 0.452 e. The number of pyridine rings is 1. The van der Waals surface area contributed by atoms with E-state index in [9.17, 15) is 4.79 Å². The van der Waals surface area contributed by atoms with E-state index in [2.05, 4.69) is 11.0 Å². The molecule has 3 rings (SSSR count). The number of anilines is 1. The first-order chi connectivity index (χ1) is 11.1. The summed E-state index contributed by atoms with van der Waals surface area (Å²) in [6.07, 6.45) is 3.47. The van der Waals surface area contributed by atoms with Crippen LogP contribution in [0.25, 0.3) is 4.91 Å². The second-order valence-corrected chi connectivity index (χ2v) is 6.35. The van der Waals surface area contributed by atoms with Crippen LogP contribution in [-0.2, 0) is 16.0 Å². The average molecular weight is 335 g/mol. The van der Waals surface area contributed by atoms with Crippen LogP contribution in [0.4, 0.5) is 10.5 Å². The third-order valence-electron chi connectivity index (χ3n) is 4.04. The fourth-order valence-electron chi connectivity index (χ4n) is 2.93. The molecule has 1 fully saturated rings. The van der Waals surface area contributed by atoms with Gasteiger partial charge in [-0.3, -0.25) is 9.88 Å². The van der Waals surface area contributed by atoms with Crippen LogP contribution < -0.4 is 4.90 Å². The molecule has 3 heterocycles. The summed E-state index contributed by atoms with van der Waals surface area (Å²) < 4.78 is 10.3. The maximum Gasteiger partial charge on any atom is 0.413 e. The maximum absolute atomic E-state index is 12.0. The van der Waals surface area contributed by atoms with Crippen molar-refractivity contribution in [3.05, 3.63) is 29.2 Å². The number of ether oxygens (including phenoxy) is 2. The average Bonchev–Trinajstić information content (AvgIpc) is 2.60. The quantitative estimate of drug-likeness (QED) is 0.827. The van der Waals surface area contributed by atoms with Crippen molar-refractivity contribution in [2.75, 3.05) is 44.6 Å². The van der Waals surface area contributed by atoms with Crippen molar-refractivity contribution in [3.8, 4) is 0 Å². The zero-order chi connectivity index (χ0) is 16.4. The number of nitrogens with zero attached hydrogens (tertiary/aromatic N) is 3. The molecule has 0 aromatic carbocycles. The minimum Gasteiger partial charge on any atom is -0.452 e. The molecule has 1 saturated heterocycles. The van der Waals surface area contributed by atoms with Crippen molar-refractivity contribution in [2.45, 2.75) is 13.5 Å². The van der Waals surface area contributed by atoms with E-state index < -0.39 is 0 Å². The molecule has 1 aromatic rings. The van der Waals surface area contributed by atoms with E-state index in [1.54, 1.807) is 16.7 Å². The highest BCUT2D eigenvalue weighted by atomic mass is 32.2. The summed E-state index contributed by atoms with van der Waals surface area (Å²) in [7, 11) is 1.40. The zero-order valence-corrected chi connectivity index (χ0v) is 14.5. The number of hydrogen-bond donors (Lipinski definition) is 0. The van der Waals surface area contributed by atoms with Crippen LogP contribution in [0.2, 0.25) is 0 Å². The van der Waals surface area contributed by atoms with Crippen LogP contribution in [0.1, 0.15) is 17.0 Å². The van der Waals surface area contributed by atoms with Crippen LogP contribution in [0, 0.1) is 6.92 Å². The number of morpholine rings is 1. The third-order valence-corrected chi connectivity index (χ3v) is 4.78. The number of methoxy groups -OCH3 is 1. The number of amides is 1. The van der Waals surface area contributed by atoms with Gasteiger partial charge in [-0.2, -0.15) is 0 Å². The number of rotatable bonds is 2. The van der Waals surface area contributed by atoms with Gasteiger partial charge in [-0.15, -0.1) is 11.8 Å². The normalized spacial score (nSPS) is 17.6. The van der Waals surface area contributed by atoms with Gasteiger partial charge in [0.25, 0.3) is 0 Å². The lowest BCUT2D eigenvalue weighted by atomic mass is 10.1. The molecule has 23 heavy (non-hydrogen) atoms. The zero-order valence-electron chi connectivity index (χ0n) is 13.7. The highest BCUT2D eigenvalue weighted by molar-refractivity contribution is 8.07. The molecule has 0 saturated carbocycles. The molecule has 0 N–H and O–H groups in total. The predicted molar refractivity (Wildman–Crippen MR) is 91.4 cm³/mol. The lowest BCUT2D eigenvalue weighted by molar-refractivity contribution is 0.122. The van der Waals surface area contributed by atoms with Crippen molar-refractivity contribution >= 4 is 28.4 Å². The third kappa shape index (κ3) is 3.16. The van der Waals surface area contributed by atoms with Gasteiger partial charge in [-0.1, -0.05) is 0 Å². The molecule has 0 radical (unpaired) electrons. The smallest absolute Gasteiger partial charge is 0.413 e. The first-order valence-electron chi connectivity index (χ1n) is 7.58. The van der Waals surface area contributed by atoms with Crippen LogP contribution in [0.5, 0.6) is 0 Å². The lowest BCUT2D eigenvalue weighted by Gasteiger charge is -2.34. The molecule has 1 amide bonds. The topological polar surface area (TPSA) is 54.9 Å². The first kappa shape index (κ1) is 16.1. The Labute approximate surface area is 140 Å². The summed E-state index contributed by atoms with van der Waals surface area (Å²) >= 11 is 1.59. The Morgan fingerprint density at radius 1 is 1.39 bits per heavy atom. The van der Waals surface area contributed by atoms with Gasteiger partial charge in [0, 0.05) is 41.1 Å². The summed E-state index contributed by atoms with van der Waals surface area (Å²) in [5.41, 5.74) is 4.18. The molecule has 1 aromatic heterocycles. The van der Waals surface area contributed by atoms with Crippen LogP contribution >= 0.6 is 11.8 Å². The number of thioether (sulfide) groups is 1. The number of hydrogen-bond acceptors (Lipinski definition) is 6. The van der Waals surface area contributed by atoms with Gasteiger partial charge < -0.3 is 14.4 Å². The Morgan fingerprint density at radius 2 is 2.13 bits per heavy atom. The highest BCUT2D eigenvalue weighted by Crippen LogP contribution is 2.37. The first-order valence-corrected chi connectivity index (χ1v) is 8.80. The molecule has 2 aliphatic rings. The maximum atomic E-state index is 12.0. The fraction of sp³-hybridized carbons (Fsp3) is 0.500. The monoisotopic (exact) mass is 335 g/mol. The molecule has 0 atom stereocenters. The predicted octanol–water partition coefficient (Wildman–Crippen LogP) is 2.47. The van der Waals surface area contributed by atoms with E-state index in [1.165, 1.54) is 7.11 Å². The SMILES string of the molecule is COC(=O)N1C=C(SC)c2nc(C)cc(N3CCOCC3)c2C1. The van der Waals surface area contributed by atoms with E-state index in [0.29, 0.717) is 6.54 Å². The second-order valence-electron chi connectivity index (χ2n) is 5.50. The molecule has 0 spiro atoms. The number of aryl methyl sites for hydroxylation is 1. The minimum absolute atomic E-state index is 0.351. The summed E-state index contributed by atoms with van der Waals surface area (Å²) in [5.74, 6) is 0. The van der Waals surface area contributed by atoms with Crippen molar-refractivity contribution in [3.63, 3.8) is 0 Å². The summed E-state index contributed by atoms with van der Waals surface area (Å²) in [6.45, 7) is 5.64. The van der Waals surface area contributed by atoms with Gasteiger partial charge in [0.1, 0.15) is 0 Å². The van der Waals surface area contributed by atoms with Gasteiger partial charge in [0.15, 0.2) is 0 Å². The molecule has 124 valence electrons. The Morgan fingerprint density at radius 3 is 2.78 bits per heavy atom. The van der Waals surface area contributed by atoms with Gasteiger partial charge in [-0.05, 0) is 19.2 Å². The summed E-state index contributed by atoms with van der Waals surface area (Å²) in [4.78, 5) is 21.6. The Bertz CT molecular complexity index is 642. The van der Waals surface area contributed by atoms with E-state index in [-0.39, 0.29) is 6.09 Å². The number of fused-ring (bicyclic) bond motifs is 1. The molecule has 0 bridgehead atoms. The van der Waals surface area contributed by atoms with E-state index >= 15 is 0 Å². The Hall–Kier alpha value is -1.73. The van der Waals surface area contributed by atoms with Gasteiger partial charge in [0.2, 0.25) is 0 Å². The van der Waals surface area contributed by atoms with Crippen molar-refractivity contribution in [1.82, 2.24) is 9.88 Å². The molecule has 7 heteroatoms.